The van der Waals surface area contributed by atoms with Gasteiger partial charge in [0, 0.05) is 18.4 Å². The lowest BCUT2D eigenvalue weighted by atomic mass is 10.1. The molecule has 1 amide bonds. The Morgan fingerprint density at radius 3 is 2.11 bits per heavy atom. The molecule has 0 heterocycles. The van der Waals surface area contributed by atoms with Crippen LogP contribution in [0.5, 0.6) is 17.2 Å². The standard InChI is InChI=1S/C23H23NO4/c1-3-27-19-12-14-21(15-13-19)28-20-10-8-18(9-11-20)24-23(25)22-7-5-4-6-17(22)16-26-2/h4-15H,3,16H2,1-2H3,(H,24,25). The van der Waals surface area contributed by atoms with Gasteiger partial charge in [-0.2, -0.15) is 0 Å². The molecular weight excluding hydrogens is 354 g/mol. The van der Waals surface area contributed by atoms with Gasteiger partial charge in [0.25, 0.3) is 5.91 Å². The van der Waals surface area contributed by atoms with E-state index in [2.05, 4.69) is 5.32 Å². The minimum absolute atomic E-state index is 0.173. The van der Waals surface area contributed by atoms with Gasteiger partial charge in [-0.3, -0.25) is 4.79 Å². The van der Waals surface area contributed by atoms with Gasteiger partial charge in [0.1, 0.15) is 17.2 Å². The number of benzene rings is 3. The summed E-state index contributed by atoms with van der Waals surface area (Å²) in [6, 6.07) is 22.1. The molecule has 0 aromatic heterocycles. The van der Waals surface area contributed by atoms with Gasteiger partial charge in [0.05, 0.1) is 13.2 Å². The zero-order valence-electron chi connectivity index (χ0n) is 16.0. The number of hydrogen-bond acceptors (Lipinski definition) is 4. The average molecular weight is 377 g/mol. The van der Waals surface area contributed by atoms with Crippen LogP contribution in [0.4, 0.5) is 5.69 Å². The Bertz CT molecular complexity index is 905. The average Bonchev–Trinajstić information content (AvgIpc) is 2.72. The number of nitrogens with one attached hydrogen (secondary N) is 1. The lowest BCUT2D eigenvalue weighted by molar-refractivity contribution is 0.102. The van der Waals surface area contributed by atoms with Gasteiger partial charge < -0.3 is 19.5 Å². The zero-order chi connectivity index (χ0) is 19.8. The van der Waals surface area contributed by atoms with E-state index in [-0.39, 0.29) is 5.91 Å². The Morgan fingerprint density at radius 2 is 1.46 bits per heavy atom. The number of rotatable bonds is 8. The van der Waals surface area contributed by atoms with Crippen molar-refractivity contribution in [2.75, 3.05) is 19.0 Å². The van der Waals surface area contributed by atoms with Crippen molar-refractivity contribution in [1.29, 1.82) is 0 Å². The molecule has 0 atom stereocenters. The molecule has 0 fully saturated rings. The maximum absolute atomic E-state index is 12.6. The number of amides is 1. The van der Waals surface area contributed by atoms with Gasteiger partial charge in [-0.25, -0.2) is 0 Å². The molecular formula is C23H23NO4. The second kappa shape index (κ2) is 9.58. The molecule has 144 valence electrons. The van der Waals surface area contributed by atoms with E-state index < -0.39 is 0 Å². The highest BCUT2D eigenvalue weighted by atomic mass is 16.5. The lowest BCUT2D eigenvalue weighted by Gasteiger charge is -2.11. The van der Waals surface area contributed by atoms with Crippen molar-refractivity contribution in [3.63, 3.8) is 0 Å². The van der Waals surface area contributed by atoms with E-state index in [1.54, 1.807) is 25.3 Å². The van der Waals surface area contributed by atoms with Crippen LogP contribution in [0.3, 0.4) is 0 Å². The molecule has 3 aromatic rings. The van der Waals surface area contributed by atoms with E-state index in [4.69, 9.17) is 14.2 Å². The van der Waals surface area contributed by atoms with Gasteiger partial charge in [-0.15, -0.1) is 0 Å². The van der Waals surface area contributed by atoms with Gasteiger partial charge in [0.2, 0.25) is 0 Å². The third-order valence-corrected chi connectivity index (χ3v) is 4.04. The van der Waals surface area contributed by atoms with Crippen molar-refractivity contribution in [2.45, 2.75) is 13.5 Å². The van der Waals surface area contributed by atoms with Crippen LogP contribution in [0.1, 0.15) is 22.8 Å². The molecule has 0 saturated heterocycles. The first-order valence-corrected chi connectivity index (χ1v) is 9.08. The summed E-state index contributed by atoms with van der Waals surface area (Å²) in [4.78, 5) is 12.6. The van der Waals surface area contributed by atoms with Crippen molar-refractivity contribution in [3.8, 4) is 17.2 Å². The molecule has 0 spiro atoms. The molecule has 0 bridgehead atoms. The molecule has 0 aliphatic heterocycles. The number of carbonyl (C=O) groups is 1. The second-order valence-electron chi connectivity index (χ2n) is 6.08. The van der Waals surface area contributed by atoms with Gasteiger partial charge in [-0.1, -0.05) is 18.2 Å². The second-order valence-corrected chi connectivity index (χ2v) is 6.08. The third-order valence-electron chi connectivity index (χ3n) is 4.04. The fourth-order valence-corrected chi connectivity index (χ4v) is 2.73. The predicted molar refractivity (Wildman–Crippen MR) is 109 cm³/mol. The summed E-state index contributed by atoms with van der Waals surface area (Å²) in [5, 5.41) is 2.90. The van der Waals surface area contributed by atoms with Gasteiger partial charge in [0.15, 0.2) is 0 Å². The minimum atomic E-state index is -0.173. The summed E-state index contributed by atoms with van der Waals surface area (Å²) in [6.45, 7) is 2.96. The first-order chi connectivity index (χ1) is 13.7. The Labute approximate surface area is 164 Å². The molecule has 28 heavy (non-hydrogen) atoms. The first kappa shape index (κ1) is 19.5. The SMILES string of the molecule is CCOc1ccc(Oc2ccc(NC(=O)c3ccccc3COC)cc2)cc1. The summed E-state index contributed by atoms with van der Waals surface area (Å²) in [7, 11) is 1.61. The Kier molecular flexibility index (Phi) is 6.65. The minimum Gasteiger partial charge on any atom is -0.494 e. The molecule has 0 saturated carbocycles. The molecule has 0 radical (unpaired) electrons. The van der Waals surface area contributed by atoms with Crippen molar-refractivity contribution in [1.82, 2.24) is 0 Å². The highest BCUT2D eigenvalue weighted by molar-refractivity contribution is 6.05. The molecule has 5 heteroatoms. The van der Waals surface area contributed by atoms with E-state index in [0.717, 1.165) is 11.3 Å². The van der Waals surface area contributed by atoms with Crippen LogP contribution in [-0.4, -0.2) is 19.6 Å². The van der Waals surface area contributed by atoms with Crippen LogP contribution < -0.4 is 14.8 Å². The maximum Gasteiger partial charge on any atom is 0.256 e. The quantitative estimate of drug-likeness (QED) is 0.580. The summed E-state index contributed by atoms with van der Waals surface area (Å²) < 4.78 is 16.4. The van der Waals surface area contributed by atoms with E-state index in [9.17, 15) is 4.79 Å². The molecule has 0 aliphatic carbocycles. The summed E-state index contributed by atoms with van der Waals surface area (Å²) in [5.41, 5.74) is 2.13. The predicted octanol–water partition coefficient (Wildman–Crippen LogP) is 5.28. The summed E-state index contributed by atoms with van der Waals surface area (Å²) in [5.74, 6) is 2.03. The van der Waals surface area contributed by atoms with E-state index in [1.165, 1.54) is 0 Å². The lowest BCUT2D eigenvalue weighted by Crippen LogP contribution is -2.14. The van der Waals surface area contributed by atoms with Crippen molar-refractivity contribution < 1.29 is 19.0 Å². The topological polar surface area (TPSA) is 56.8 Å². The van der Waals surface area contributed by atoms with Gasteiger partial charge in [-0.05, 0) is 67.1 Å². The van der Waals surface area contributed by atoms with Crippen LogP contribution in [0.15, 0.2) is 72.8 Å². The van der Waals surface area contributed by atoms with Crippen LogP contribution in [0.25, 0.3) is 0 Å². The van der Waals surface area contributed by atoms with Crippen LogP contribution in [-0.2, 0) is 11.3 Å². The molecule has 3 aromatic carbocycles. The first-order valence-electron chi connectivity index (χ1n) is 9.08. The monoisotopic (exact) mass is 377 g/mol. The normalized spacial score (nSPS) is 10.4. The smallest absolute Gasteiger partial charge is 0.256 e. The summed E-state index contributed by atoms with van der Waals surface area (Å²) >= 11 is 0. The van der Waals surface area contributed by atoms with E-state index in [1.807, 2.05) is 61.5 Å². The molecule has 3 rings (SSSR count). The van der Waals surface area contributed by atoms with Crippen LogP contribution in [0.2, 0.25) is 0 Å². The zero-order valence-corrected chi connectivity index (χ0v) is 16.0. The largest absolute Gasteiger partial charge is 0.494 e. The fraction of sp³-hybridized carbons (Fsp3) is 0.174. The highest BCUT2D eigenvalue weighted by Crippen LogP contribution is 2.25. The molecule has 0 unspecified atom stereocenters. The fourth-order valence-electron chi connectivity index (χ4n) is 2.73. The number of carbonyl (C=O) groups excluding carboxylic acids is 1. The Hall–Kier alpha value is -3.31. The summed E-state index contributed by atoms with van der Waals surface area (Å²) in [6.07, 6.45) is 0. The van der Waals surface area contributed by atoms with Crippen LogP contribution in [0, 0.1) is 0 Å². The Balaban J connectivity index is 1.63. The van der Waals surface area contributed by atoms with Gasteiger partial charge >= 0.3 is 0 Å². The van der Waals surface area contributed by atoms with E-state index >= 15 is 0 Å². The number of methoxy groups -OCH3 is 1. The van der Waals surface area contributed by atoms with Crippen molar-refractivity contribution >= 4 is 11.6 Å². The van der Waals surface area contributed by atoms with Crippen LogP contribution >= 0.6 is 0 Å². The molecule has 0 aliphatic rings. The number of ether oxygens (including phenoxy) is 3. The van der Waals surface area contributed by atoms with Crippen molar-refractivity contribution in [3.05, 3.63) is 83.9 Å². The number of anilines is 1. The molecule has 1 N–H and O–H groups in total. The maximum atomic E-state index is 12.6. The molecule has 5 nitrogen and oxygen atoms in total. The van der Waals surface area contributed by atoms with E-state index in [0.29, 0.717) is 36.0 Å². The third kappa shape index (κ3) is 5.11. The highest BCUT2D eigenvalue weighted by Gasteiger charge is 2.11. The van der Waals surface area contributed by atoms with Crippen molar-refractivity contribution in [2.24, 2.45) is 0 Å². The Morgan fingerprint density at radius 1 is 0.857 bits per heavy atom. The number of hydrogen-bond donors (Lipinski definition) is 1.